The largest absolute Gasteiger partial charge is 0.497 e. The maximum atomic E-state index is 12.2. The fourth-order valence-corrected chi connectivity index (χ4v) is 2.48. The number of likely N-dealkylation sites (N-methyl/N-ethyl adjacent to an activating group) is 1. The van der Waals surface area contributed by atoms with Gasteiger partial charge in [-0.15, -0.1) is 0 Å². The van der Waals surface area contributed by atoms with E-state index in [0.717, 1.165) is 37.3 Å². The predicted molar refractivity (Wildman–Crippen MR) is 78.4 cm³/mol. The van der Waals surface area contributed by atoms with Gasteiger partial charge in [0.1, 0.15) is 5.75 Å². The fraction of sp³-hybridized carbons (Fsp3) is 0.562. The predicted octanol–water partition coefficient (Wildman–Crippen LogP) is 2.38. The summed E-state index contributed by atoms with van der Waals surface area (Å²) in [5.41, 5.74) is 0.724. The van der Waals surface area contributed by atoms with Crippen LogP contribution in [0.15, 0.2) is 24.3 Å². The minimum Gasteiger partial charge on any atom is -0.497 e. The average Bonchev–Trinajstić information content (AvgIpc) is 2.48. The number of benzene rings is 1. The van der Waals surface area contributed by atoms with Crippen LogP contribution in [0.3, 0.4) is 0 Å². The van der Waals surface area contributed by atoms with Crippen LogP contribution >= 0.6 is 0 Å². The maximum absolute atomic E-state index is 12.2. The first kappa shape index (κ1) is 15.0. The summed E-state index contributed by atoms with van der Waals surface area (Å²) in [6.45, 7) is 2.10. The first-order valence-electron chi connectivity index (χ1n) is 7.16. The standard InChI is InChI=1S/C16H23NO3/c1-17(11-15-5-3-4-10-20-15)12-16(18)13-6-8-14(19-2)9-7-13/h6-9,15H,3-5,10-12H2,1-2H3. The molecule has 0 aliphatic carbocycles. The molecule has 1 saturated heterocycles. The van der Waals surface area contributed by atoms with Gasteiger partial charge in [0.15, 0.2) is 5.78 Å². The van der Waals surface area contributed by atoms with E-state index in [-0.39, 0.29) is 11.9 Å². The molecule has 0 radical (unpaired) electrons. The molecule has 110 valence electrons. The highest BCUT2D eigenvalue weighted by Crippen LogP contribution is 2.14. The molecule has 0 aromatic heterocycles. The van der Waals surface area contributed by atoms with Crippen molar-refractivity contribution in [2.45, 2.75) is 25.4 Å². The molecule has 2 rings (SSSR count). The lowest BCUT2D eigenvalue weighted by Crippen LogP contribution is -2.36. The minimum absolute atomic E-state index is 0.131. The molecule has 1 heterocycles. The van der Waals surface area contributed by atoms with Crippen LogP contribution in [0.1, 0.15) is 29.6 Å². The van der Waals surface area contributed by atoms with Gasteiger partial charge in [-0.3, -0.25) is 9.69 Å². The van der Waals surface area contributed by atoms with Crippen molar-refractivity contribution >= 4 is 5.78 Å². The molecule has 1 aromatic rings. The highest BCUT2D eigenvalue weighted by Gasteiger charge is 2.17. The number of ketones is 1. The topological polar surface area (TPSA) is 38.8 Å². The molecule has 1 atom stereocenters. The Labute approximate surface area is 120 Å². The van der Waals surface area contributed by atoms with Crippen molar-refractivity contribution in [1.82, 2.24) is 4.90 Å². The maximum Gasteiger partial charge on any atom is 0.176 e. The van der Waals surface area contributed by atoms with Gasteiger partial charge in [-0.05, 0) is 50.6 Å². The lowest BCUT2D eigenvalue weighted by atomic mass is 10.1. The first-order chi connectivity index (χ1) is 9.69. The molecular formula is C16H23NO3. The summed E-state index contributed by atoms with van der Waals surface area (Å²) in [7, 11) is 3.59. The lowest BCUT2D eigenvalue weighted by molar-refractivity contribution is -0.000668. The summed E-state index contributed by atoms with van der Waals surface area (Å²) in [4.78, 5) is 14.2. The van der Waals surface area contributed by atoms with Crippen molar-refractivity contribution < 1.29 is 14.3 Å². The van der Waals surface area contributed by atoms with Crippen LogP contribution in [0, 0.1) is 0 Å². The van der Waals surface area contributed by atoms with E-state index in [0.29, 0.717) is 6.54 Å². The summed E-state index contributed by atoms with van der Waals surface area (Å²) in [5, 5.41) is 0. The van der Waals surface area contributed by atoms with E-state index in [1.165, 1.54) is 6.42 Å². The Bertz CT molecular complexity index is 424. The molecule has 1 fully saturated rings. The van der Waals surface area contributed by atoms with Gasteiger partial charge in [0.25, 0.3) is 0 Å². The van der Waals surface area contributed by atoms with E-state index >= 15 is 0 Å². The zero-order valence-corrected chi connectivity index (χ0v) is 12.3. The fourth-order valence-electron chi connectivity index (χ4n) is 2.48. The Morgan fingerprint density at radius 2 is 2.10 bits per heavy atom. The van der Waals surface area contributed by atoms with Crippen LogP contribution in [0.5, 0.6) is 5.75 Å². The molecule has 4 nitrogen and oxygen atoms in total. The van der Waals surface area contributed by atoms with E-state index in [4.69, 9.17) is 9.47 Å². The second-order valence-electron chi connectivity index (χ2n) is 5.34. The Hall–Kier alpha value is -1.39. The Kier molecular flexibility index (Phi) is 5.56. The monoisotopic (exact) mass is 277 g/mol. The second-order valence-corrected chi connectivity index (χ2v) is 5.34. The van der Waals surface area contributed by atoms with Crippen LogP contribution in [-0.4, -0.2) is 50.6 Å². The molecular weight excluding hydrogens is 254 g/mol. The number of nitrogens with zero attached hydrogens (tertiary/aromatic N) is 1. The minimum atomic E-state index is 0.131. The van der Waals surface area contributed by atoms with Crippen LogP contribution in [0.25, 0.3) is 0 Å². The van der Waals surface area contributed by atoms with Crippen molar-refractivity contribution in [3.05, 3.63) is 29.8 Å². The number of hydrogen-bond acceptors (Lipinski definition) is 4. The van der Waals surface area contributed by atoms with Crippen molar-refractivity contribution in [1.29, 1.82) is 0 Å². The Balaban J connectivity index is 1.82. The van der Waals surface area contributed by atoms with Gasteiger partial charge < -0.3 is 9.47 Å². The molecule has 1 aliphatic heterocycles. The third kappa shape index (κ3) is 4.32. The molecule has 4 heteroatoms. The zero-order chi connectivity index (χ0) is 14.4. The SMILES string of the molecule is COc1ccc(C(=O)CN(C)CC2CCCCO2)cc1. The number of ether oxygens (including phenoxy) is 2. The number of carbonyl (C=O) groups excluding carboxylic acids is 1. The van der Waals surface area contributed by atoms with E-state index in [9.17, 15) is 4.79 Å². The van der Waals surface area contributed by atoms with Crippen LogP contribution in [-0.2, 0) is 4.74 Å². The highest BCUT2D eigenvalue weighted by atomic mass is 16.5. The van der Waals surface area contributed by atoms with Crippen molar-refractivity contribution in [3.8, 4) is 5.75 Å². The quantitative estimate of drug-likeness (QED) is 0.748. The molecule has 0 saturated carbocycles. The van der Waals surface area contributed by atoms with Gasteiger partial charge in [-0.2, -0.15) is 0 Å². The number of hydrogen-bond donors (Lipinski definition) is 0. The van der Waals surface area contributed by atoms with Gasteiger partial charge >= 0.3 is 0 Å². The van der Waals surface area contributed by atoms with Gasteiger partial charge in [-0.25, -0.2) is 0 Å². The lowest BCUT2D eigenvalue weighted by Gasteiger charge is -2.27. The van der Waals surface area contributed by atoms with Crippen LogP contribution < -0.4 is 4.74 Å². The van der Waals surface area contributed by atoms with E-state index in [1.54, 1.807) is 7.11 Å². The average molecular weight is 277 g/mol. The van der Waals surface area contributed by atoms with E-state index < -0.39 is 0 Å². The molecule has 1 aromatic carbocycles. The third-order valence-corrected chi connectivity index (χ3v) is 3.61. The molecule has 0 bridgehead atoms. The Morgan fingerprint density at radius 1 is 1.35 bits per heavy atom. The highest BCUT2D eigenvalue weighted by molar-refractivity contribution is 5.97. The number of methoxy groups -OCH3 is 1. The van der Waals surface area contributed by atoms with Crippen LogP contribution in [0.4, 0.5) is 0 Å². The van der Waals surface area contributed by atoms with Crippen molar-refractivity contribution in [3.63, 3.8) is 0 Å². The molecule has 0 amide bonds. The van der Waals surface area contributed by atoms with Gasteiger partial charge in [0.05, 0.1) is 19.8 Å². The van der Waals surface area contributed by atoms with E-state index in [2.05, 4.69) is 0 Å². The van der Waals surface area contributed by atoms with Crippen molar-refractivity contribution in [2.24, 2.45) is 0 Å². The third-order valence-electron chi connectivity index (χ3n) is 3.61. The molecule has 1 aliphatic rings. The molecule has 0 N–H and O–H groups in total. The number of rotatable bonds is 6. The summed E-state index contributed by atoms with van der Waals surface area (Å²) in [6, 6.07) is 7.26. The zero-order valence-electron chi connectivity index (χ0n) is 12.3. The summed E-state index contributed by atoms with van der Waals surface area (Å²) < 4.78 is 10.8. The summed E-state index contributed by atoms with van der Waals surface area (Å²) >= 11 is 0. The molecule has 20 heavy (non-hydrogen) atoms. The summed E-state index contributed by atoms with van der Waals surface area (Å²) in [5.74, 6) is 0.900. The Morgan fingerprint density at radius 3 is 2.70 bits per heavy atom. The van der Waals surface area contributed by atoms with Crippen LogP contribution in [0.2, 0.25) is 0 Å². The van der Waals surface area contributed by atoms with E-state index in [1.807, 2.05) is 36.2 Å². The summed E-state index contributed by atoms with van der Waals surface area (Å²) in [6.07, 6.45) is 3.76. The molecule has 0 spiro atoms. The smallest absolute Gasteiger partial charge is 0.176 e. The van der Waals surface area contributed by atoms with Gasteiger partial charge in [-0.1, -0.05) is 0 Å². The van der Waals surface area contributed by atoms with Crippen molar-refractivity contribution in [2.75, 3.05) is 33.9 Å². The van der Waals surface area contributed by atoms with Gasteiger partial charge in [0, 0.05) is 18.7 Å². The first-order valence-corrected chi connectivity index (χ1v) is 7.16. The normalized spacial score (nSPS) is 19.1. The second kappa shape index (κ2) is 7.41. The van der Waals surface area contributed by atoms with Gasteiger partial charge in [0.2, 0.25) is 0 Å². The number of Topliss-reactive ketones (excluding diaryl/α,β-unsaturated/α-hetero) is 1. The molecule has 1 unspecified atom stereocenters. The number of carbonyl (C=O) groups is 1.